The van der Waals surface area contributed by atoms with Crippen LogP contribution >= 0.6 is 22.7 Å². The van der Waals surface area contributed by atoms with E-state index >= 15 is 0 Å². The van der Waals surface area contributed by atoms with E-state index < -0.39 is 11.6 Å². The number of aromatic nitrogens is 1. The van der Waals surface area contributed by atoms with Gasteiger partial charge in [0.2, 0.25) is 0 Å². The molecule has 0 aliphatic carbocycles. The molecule has 1 N–H and O–H groups in total. The third-order valence-electron chi connectivity index (χ3n) is 4.68. The van der Waals surface area contributed by atoms with Crippen LogP contribution < -0.4 is 10.1 Å². The summed E-state index contributed by atoms with van der Waals surface area (Å²) in [6.45, 7) is 4.25. The number of amides is 3. The van der Waals surface area contributed by atoms with Gasteiger partial charge in [-0.05, 0) is 48.4 Å². The molecule has 1 fully saturated rings. The molecule has 3 amide bonds. The molecule has 1 saturated heterocycles. The number of rotatable bonds is 6. The summed E-state index contributed by atoms with van der Waals surface area (Å²) in [5, 5.41) is 9.23. The number of hydrogen-bond donors (Lipinski definition) is 1. The highest BCUT2D eigenvalue weighted by Gasteiger charge is 2.49. The number of nitrogens with zero attached hydrogens (tertiary/aromatic N) is 2. The minimum Gasteiger partial charge on any atom is -0.486 e. The molecule has 0 bridgehead atoms. The molecule has 144 valence electrons. The zero-order valence-electron chi connectivity index (χ0n) is 15.5. The second-order valence-corrected chi connectivity index (χ2v) is 8.52. The van der Waals surface area contributed by atoms with Crippen molar-refractivity contribution in [3.05, 3.63) is 68.3 Å². The van der Waals surface area contributed by atoms with Crippen LogP contribution in [-0.4, -0.2) is 21.8 Å². The number of imide groups is 1. The van der Waals surface area contributed by atoms with Crippen molar-refractivity contribution in [1.82, 2.24) is 15.2 Å². The molecular weight excluding hydrogens is 394 g/mol. The molecule has 2 aromatic heterocycles. The van der Waals surface area contributed by atoms with Crippen molar-refractivity contribution in [2.75, 3.05) is 0 Å². The smallest absolute Gasteiger partial charge is 0.325 e. The number of thiazole rings is 1. The van der Waals surface area contributed by atoms with Gasteiger partial charge in [-0.1, -0.05) is 17.7 Å². The fraction of sp³-hybridized carbons (Fsp3) is 0.250. The van der Waals surface area contributed by atoms with Gasteiger partial charge in [-0.25, -0.2) is 9.78 Å². The van der Waals surface area contributed by atoms with E-state index in [1.807, 2.05) is 53.4 Å². The van der Waals surface area contributed by atoms with E-state index in [1.54, 1.807) is 6.92 Å². The first-order valence-corrected chi connectivity index (χ1v) is 10.6. The van der Waals surface area contributed by atoms with E-state index in [1.165, 1.54) is 33.1 Å². The fourth-order valence-electron chi connectivity index (χ4n) is 3.01. The number of aryl methyl sites for hydroxylation is 1. The second kappa shape index (κ2) is 7.37. The molecule has 1 aliphatic rings. The Morgan fingerprint density at radius 2 is 1.96 bits per heavy atom. The van der Waals surface area contributed by atoms with Crippen LogP contribution in [0, 0.1) is 6.92 Å². The van der Waals surface area contributed by atoms with Crippen LogP contribution in [0.1, 0.15) is 28.8 Å². The Hall–Kier alpha value is -2.71. The molecule has 4 rings (SSSR count). The van der Waals surface area contributed by atoms with Gasteiger partial charge < -0.3 is 10.1 Å². The van der Waals surface area contributed by atoms with Crippen molar-refractivity contribution in [1.29, 1.82) is 0 Å². The second-order valence-electron chi connectivity index (χ2n) is 6.79. The van der Waals surface area contributed by atoms with Crippen LogP contribution in [0.25, 0.3) is 0 Å². The summed E-state index contributed by atoms with van der Waals surface area (Å²) < 4.78 is 5.74. The number of carbonyl (C=O) groups is 2. The maximum Gasteiger partial charge on any atom is 0.325 e. The number of benzene rings is 1. The predicted molar refractivity (Wildman–Crippen MR) is 108 cm³/mol. The Balaban J connectivity index is 1.41. The Labute approximate surface area is 170 Å². The molecule has 1 atom stereocenters. The van der Waals surface area contributed by atoms with Gasteiger partial charge in [0.15, 0.2) is 0 Å². The molecule has 8 heteroatoms. The van der Waals surface area contributed by atoms with E-state index in [0.29, 0.717) is 12.3 Å². The SMILES string of the molecule is Cc1ccc(OCc2nc(CN3C(=O)NC(C)(c4ccsc4)C3=O)cs2)cc1. The van der Waals surface area contributed by atoms with Crippen molar-refractivity contribution < 1.29 is 14.3 Å². The number of hydrogen-bond acceptors (Lipinski definition) is 6. The summed E-state index contributed by atoms with van der Waals surface area (Å²) in [7, 11) is 0. The molecule has 3 aromatic rings. The topological polar surface area (TPSA) is 71.5 Å². The highest BCUT2D eigenvalue weighted by atomic mass is 32.1. The maximum absolute atomic E-state index is 12.9. The van der Waals surface area contributed by atoms with Crippen LogP contribution in [0.5, 0.6) is 5.75 Å². The molecule has 1 unspecified atom stereocenters. The third-order valence-corrected chi connectivity index (χ3v) is 6.23. The number of carbonyl (C=O) groups excluding carboxylic acids is 2. The van der Waals surface area contributed by atoms with Gasteiger partial charge in [-0.15, -0.1) is 11.3 Å². The molecule has 28 heavy (non-hydrogen) atoms. The lowest BCUT2D eigenvalue weighted by molar-refractivity contribution is -0.131. The molecule has 0 radical (unpaired) electrons. The molecule has 0 saturated carbocycles. The van der Waals surface area contributed by atoms with Crippen molar-refractivity contribution in [3.63, 3.8) is 0 Å². The minimum atomic E-state index is -1.02. The lowest BCUT2D eigenvalue weighted by atomic mass is 9.95. The molecule has 1 aromatic carbocycles. The van der Waals surface area contributed by atoms with E-state index in [4.69, 9.17) is 4.74 Å². The van der Waals surface area contributed by atoms with Crippen molar-refractivity contribution in [2.45, 2.75) is 32.5 Å². The van der Waals surface area contributed by atoms with Gasteiger partial charge in [0.25, 0.3) is 5.91 Å². The first kappa shape index (κ1) is 18.6. The first-order chi connectivity index (χ1) is 13.5. The summed E-state index contributed by atoms with van der Waals surface area (Å²) in [5.41, 5.74) is 1.62. The zero-order valence-corrected chi connectivity index (χ0v) is 17.1. The van der Waals surface area contributed by atoms with Crippen LogP contribution in [0.15, 0.2) is 46.5 Å². The van der Waals surface area contributed by atoms with E-state index in [0.717, 1.165) is 16.3 Å². The summed E-state index contributed by atoms with van der Waals surface area (Å²) >= 11 is 2.95. The van der Waals surface area contributed by atoms with Crippen LogP contribution in [-0.2, 0) is 23.5 Å². The van der Waals surface area contributed by atoms with Crippen LogP contribution in [0.4, 0.5) is 4.79 Å². The van der Waals surface area contributed by atoms with Crippen LogP contribution in [0.3, 0.4) is 0 Å². The molecule has 1 aliphatic heterocycles. The fourth-order valence-corrected chi connectivity index (χ4v) is 4.48. The standard InChI is InChI=1S/C20H19N3O3S2/c1-13-3-5-16(6-4-13)26-10-17-21-15(12-28-17)9-23-18(24)20(2,22-19(23)25)14-7-8-27-11-14/h3-8,11-12H,9-10H2,1-2H3,(H,22,25). The Kier molecular flexibility index (Phi) is 4.91. The van der Waals surface area contributed by atoms with E-state index in [-0.39, 0.29) is 12.5 Å². The number of thiophene rings is 1. The molecular formula is C20H19N3O3S2. The predicted octanol–water partition coefficient (Wildman–Crippen LogP) is 4.06. The summed E-state index contributed by atoms with van der Waals surface area (Å²) in [5.74, 6) is 0.518. The van der Waals surface area contributed by atoms with Gasteiger partial charge in [0.05, 0.1) is 12.2 Å². The average Bonchev–Trinajstić information content (AvgIpc) is 3.40. The largest absolute Gasteiger partial charge is 0.486 e. The average molecular weight is 414 g/mol. The Morgan fingerprint density at radius 3 is 2.68 bits per heavy atom. The van der Waals surface area contributed by atoms with Crippen molar-refractivity contribution in [2.24, 2.45) is 0 Å². The number of nitrogens with one attached hydrogen (secondary N) is 1. The summed E-state index contributed by atoms with van der Waals surface area (Å²) in [4.78, 5) is 31.0. The van der Waals surface area contributed by atoms with Gasteiger partial charge in [-0.2, -0.15) is 11.3 Å². The summed E-state index contributed by atoms with van der Waals surface area (Å²) in [6, 6.07) is 9.28. The zero-order chi connectivity index (χ0) is 19.7. The lowest BCUT2D eigenvalue weighted by Crippen LogP contribution is -2.40. The third kappa shape index (κ3) is 3.53. The minimum absolute atomic E-state index is 0.144. The lowest BCUT2D eigenvalue weighted by Gasteiger charge is -2.20. The van der Waals surface area contributed by atoms with Gasteiger partial charge in [0.1, 0.15) is 22.9 Å². The van der Waals surface area contributed by atoms with E-state index in [9.17, 15) is 9.59 Å². The Bertz CT molecular complexity index is 998. The van der Waals surface area contributed by atoms with Crippen molar-refractivity contribution >= 4 is 34.6 Å². The van der Waals surface area contributed by atoms with Gasteiger partial charge in [0, 0.05) is 5.38 Å². The van der Waals surface area contributed by atoms with Gasteiger partial charge in [-0.3, -0.25) is 9.69 Å². The van der Waals surface area contributed by atoms with Crippen molar-refractivity contribution in [3.8, 4) is 5.75 Å². The quantitative estimate of drug-likeness (QED) is 0.619. The summed E-state index contributed by atoms with van der Waals surface area (Å²) in [6.07, 6.45) is 0. The molecule has 0 spiro atoms. The van der Waals surface area contributed by atoms with E-state index in [2.05, 4.69) is 10.3 Å². The number of urea groups is 1. The normalized spacial score (nSPS) is 19.1. The molecule has 6 nitrogen and oxygen atoms in total. The monoisotopic (exact) mass is 413 g/mol. The Morgan fingerprint density at radius 1 is 1.18 bits per heavy atom. The van der Waals surface area contributed by atoms with Crippen LogP contribution in [0.2, 0.25) is 0 Å². The first-order valence-electron chi connectivity index (χ1n) is 8.75. The highest BCUT2D eigenvalue weighted by Crippen LogP contribution is 2.31. The van der Waals surface area contributed by atoms with Gasteiger partial charge >= 0.3 is 6.03 Å². The molecule has 3 heterocycles. The highest BCUT2D eigenvalue weighted by molar-refractivity contribution is 7.09. The number of ether oxygens (including phenoxy) is 1. The maximum atomic E-state index is 12.9.